The normalized spacial score (nSPS) is 17.2. The summed E-state index contributed by atoms with van der Waals surface area (Å²) in [5.74, 6) is 0.583. The minimum Gasteiger partial charge on any atom is -0.377 e. The average Bonchev–Trinajstić information content (AvgIpc) is 3.35. The molecule has 2 aromatic heterocycles. The van der Waals surface area contributed by atoms with Crippen molar-refractivity contribution < 1.29 is 9.53 Å². The summed E-state index contributed by atoms with van der Waals surface area (Å²) in [6.07, 6.45) is 3.35. The molecule has 1 N–H and O–H groups in total. The number of nitrogens with one attached hydrogen (secondary N) is 1. The highest BCUT2D eigenvalue weighted by Gasteiger charge is 2.31. The van der Waals surface area contributed by atoms with Gasteiger partial charge in [-0.2, -0.15) is 9.47 Å². The molecule has 1 unspecified atom stereocenters. The molecule has 1 fully saturated rings. The maximum atomic E-state index is 12.6. The topological polar surface area (TPSA) is 85.2 Å². The van der Waals surface area contributed by atoms with E-state index in [1.54, 1.807) is 28.2 Å². The van der Waals surface area contributed by atoms with E-state index in [1.165, 1.54) is 11.5 Å². The fourth-order valence-electron chi connectivity index (χ4n) is 2.83. The molecule has 1 aliphatic heterocycles. The van der Waals surface area contributed by atoms with Crippen LogP contribution in [-0.4, -0.2) is 49.8 Å². The van der Waals surface area contributed by atoms with Gasteiger partial charge in [0.05, 0.1) is 19.8 Å². The van der Waals surface area contributed by atoms with Crippen molar-refractivity contribution in [2.24, 2.45) is 0 Å². The van der Waals surface area contributed by atoms with Gasteiger partial charge in [-0.15, -0.1) is 0 Å². The number of carbonyl (C=O) groups is 1. The molecular formula is C17H18N6O2S. The van der Waals surface area contributed by atoms with Crippen LogP contribution in [0, 0.1) is 0 Å². The lowest BCUT2D eigenvalue weighted by Crippen LogP contribution is -2.45. The number of urea groups is 1. The van der Waals surface area contributed by atoms with Gasteiger partial charge in [-0.1, -0.05) is 30.3 Å². The molecule has 0 saturated carbocycles. The zero-order chi connectivity index (χ0) is 17.8. The van der Waals surface area contributed by atoms with Crippen LogP contribution in [0.15, 0.2) is 48.9 Å². The Morgan fingerprint density at radius 3 is 3.00 bits per heavy atom. The highest BCUT2D eigenvalue weighted by atomic mass is 32.1. The Bertz CT molecular complexity index is 851. The Morgan fingerprint density at radius 1 is 1.31 bits per heavy atom. The van der Waals surface area contributed by atoms with Gasteiger partial charge in [0.25, 0.3) is 0 Å². The third kappa shape index (κ3) is 3.73. The third-order valence-corrected chi connectivity index (χ3v) is 4.76. The lowest BCUT2D eigenvalue weighted by atomic mass is 10.2. The van der Waals surface area contributed by atoms with Crippen LogP contribution in [0.5, 0.6) is 0 Å². The molecule has 1 saturated heterocycles. The minimum atomic E-state index is -0.311. The Hall–Kier alpha value is -2.78. The fraction of sp³-hybridized carbons (Fsp3) is 0.294. The number of amides is 2. The molecule has 1 aliphatic rings. The number of rotatable bonds is 4. The highest BCUT2D eigenvalue weighted by molar-refractivity contribution is 7.10. The Kier molecular flexibility index (Phi) is 4.89. The number of carbonyl (C=O) groups excluding carboxylic acids is 1. The van der Waals surface area contributed by atoms with E-state index in [9.17, 15) is 4.79 Å². The third-order valence-electron chi connectivity index (χ3n) is 4.10. The number of morpholine rings is 1. The van der Waals surface area contributed by atoms with Crippen LogP contribution in [0.3, 0.4) is 0 Å². The molecule has 0 radical (unpaired) electrons. The number of aromatic nitrogens is 4. The molecular weight excluding hydrogens is 352 g/mol. The van der Waals surface area contributed by atoms with E-state index >= 15 is 0 Å². The summed E-state index contributed by atoms with van der Waals surface area (Å²) in [7, 11) is 0. The molecule has 1 aromatic carbocycles. The summed E-state index contributed by atoms with van der Waals surface area (Å²) in [4.78, 5) is 18.7. The first-order valence-corrected chi connectivity index (χ1v) is 9.06. The van der Waals surface area contributed by atoms with Crippen molar-refractivity contribution in [2.45, 2.75) is 12.6 Å². The Labute approximate surface area is 154 Å². The van der Waals surface area contributed by atoms with Crippen molar-refractivity contribution in [1.29, 1.82) is 0 Å². The molecule has 2 amide bonds. The van der Waals surface area contributed by atoms with Gasteiger partial charge in [0.1, 0.15) is 17.4 Å². The molecule has 4 rings (SSSR count). The average molecular weight is 370 g/mol. The van der Waals surface area contributed by atoms with E-state index in [1.807, 2.05) is 30.3 Å². The molecule has 0 spiro atoms. The van der Waals surface area contributed by atoms with Gasteiger partial charge in [-0.25, -0.2) is 14.5 Å². The Morgan fingerprint density at radius 2 is 2.19 bits per heavy atom. The SMILES string of the molecule is O=C(Nc1ccns1)N1CCOCC1c1ncn(Cc2ccccc2)n1. The summed E-state index contributed by atoms with van der Waals surface area (Å²) in [5, 5.41) is 8.13. The van der Waals surface area contributed by atoms with Crippen LogP contribution >= 0.6 is 11.5 Å². The van der Waals surface area contributed by atoms with E-state index < -0.39 is 0 Å². The molecule has 134 valence electrons. The number of ether oxygens (including phenoxy) is 1. The standard InChI is InChI=1S/C17H18N6O2S/c24-17(20-15-6-7-19-26-15)23-8-9-25-11-14(23)16-18-12-22(21-16)10-13-4-2-1-3-5-13/h1-7,12,14H,8-11H2,(H,20,24). The lowest BCUT2D eigenvalue weighted by Gasteiger charge is -2.33. The second-order valence-corrected chi connectivity index (χ2v) is 6.71. The van der Waals surface area contributed by atoms with Crippen molar-refractivity contribution in [3.8, 4) is 0 Å². The van der Waals surface area contributed by atoms with Crippen molar-refractivity contribution >= 4 is 22.6 Å². The van der Waals surface area contributed by atoms with Crippen LogP contribution in [0.4, 0.5) is 9.80 Å². The Balaban J connectivity index is 1.48. The van der Waals surface area contributed by atoms with E-state index in [0.29, 0.717) is 37.1 Å². The van der Waals surface area contributed by atoms with Crippen LogP contribution < -0.4 is 5.32 Å². The molecule has 26 heavy (non-hydrogen) atoms. The van der Waals surface area contributed by atoms with Crippen molar-refractivity contribution in [1.82, 2.24) is 24.0 Å². The van der Waals surface area contributed by atoms with E-state index in [4.69, 9.17) is 4.74 Å². The zero-order valence-electron chi connectivity index (χ0n) is 14.0. The van der Waals surface area contributed by atoms with Crippen LogP contribution in [0.25, 0.3) is 0 Å². The van der Waals surface area contributed by atoms with Crippen molar-refractivity contribution in [2.75, 3.05) is 25.1 Å². The molecule has 0 aliphatic carbocycles. The smallest absolute Gasteiger partial charge is 0.323 e. The summed E-state index contributed by atoms with van der Waals surface area (Å²) < 4.78 is 11.3. The maximum absolute atomic E-state index is 12.6. The number of benzene rings is 1. The van der Waals surface area contributed by atoms with Gasteiger partial charge in [0.2, 0.25) is 0 Å². The molecule has 1 atom stereocenters. The van der Waals surface area contributed by atoms with Gasteiger partial charge in [0.15, 0.2) is 5.82 Å². The van der Waals surface area contributed by atoms with Crippen LogP contribution in [0.2, 0.25) is 0 Å². The highest BCUT2D eigenvalue weighted by Crippen LogP contribution is 2.23. The quantitative estimate of drug-likeness (QED) is 0.762. The summed E-state index contributed by atoms with van der Waals surface area (Å²) >= 11 is 1.24. The zero-order valence-corrected chi connectivity index (χ0v) is 14.8. The van der Waals surface area contributed by atoms with E-state index in [-0.39, 0.29) is 12.1 Å². The number of hydrogen-bond donors (Lipinski definition) is 1. The summed E-state index contributed by atoms with van der Waals surface area (Å²) in [6.45, 7) is 2.00. The first-order valence-electron chi connectivity index (χ1n) is 8.29. The van der Waals surface area contributed by atoms with Gasteiger partial charge >= 0.3 is 6.03 Å². The van der Waals surface area contributed by atoms with Crippen LogP contribution in [-0.2, 0) is 11.3 Å². The van der Waals surface area contributed by atoms with Gasteiger partial charge in [-0.05, 0) is 23.2 Å². The van der Waals surface area contributed by atoms with Crippen LogP contribution in [0.1, 0.15) is 17.4 Å². The predicted molar refractivity (Wildman–Crippen MR) is 97.0 cm³/mol. The fourth-order valence-corrected chi connectivity index (χ4v) is 3.32. The summed E-state index contributed by atoms with van der Waals surface area (Å²) in [6, 6.07) is 11.3. The lowest BCUT2D eigenvalue weighted by molar-refractivity contribution is 0.0117. The minimum absolute atomic E-state index is 0.193. The molecule has 8 nitrogen and oxygen atoms in total. The first kappa shape index (κ1) is 16.7. The molecule has 3 aromatic rings. The predicted octanol–water partition coefficient (Wildman–Crippen LogP) is 2.39. The number of hydrogen-bond acceptors (Lipinski definition) is 6. The van der Waals surface area contributed by atoms with Crippen molar-refractivity contribution in [3.63, 3.8) is 0 Å². The molecule has 9 heteroatoms. The first-order chi connectivity index (χ1) is 12.8. The van der Waals surface area contributed by atoms with Gasteiger partial charge in [0, 0.05) is 12.7 Å². The summed E-state index contributed by atoms with van der Waals surface area (Å²) in [5.41, 5.74) is 1.14. The second kappa shape index (κ2) is 7.63. The number of anilines is 1. The van der Waals surface area contributed by atoms with Gasteiger partial charge in [-0.3, -0.25) is 5.32 Å². The van der Waals surface area contributed by atoms with Gasteiger partial charge < -0.3 is 9.64 Å². The maximum Gasteiger partial charge on any atom is 0.323 e. The van der Waals surface area contributed by atoms with E-state index in [0.717, 1.165) is 5.56 Å². The van der Waals surface area contributed by atoms with E-state index in [2.05, 4.69) is 19.8 Å². The monoisotopic (exact) mass is 370 g/mol. The largest absolute Gasteiger partial charge is 0.377 e. The molecule has 0 bridgehead atoms. The number of nitrogens with zero attached hydrogens (tertiary/aromatic N) is 5. The second-order valence-electron chi connectivity index (χ2n) is 5.88. The van der Waals surface area contributed by atoms with Crippen molar-refractivity contribution in [3.05, 3.63) is 60.3 Å². The molecule has 3 heterocycles.